The van der Waals surface area contributed by atoms with Crippen LogP contribution in [0.1, 0.15) is 29.8 Å². The Bertz CT molecular complexity index is 1100. The van der Waals surface area contributed by atoms with Crippen molar-refractivity contribution in [3.63, 3.8) is 0 Å². The number of likely N-dealkylation sites (tertiary alicyclic amines) is 1. The zero-order valence-corrected chi connectivity index (χ0v) is 18.5. The molecule has 1 aliphatic rings. The molecule has 1 amide bonds. The lowest BCUT2D eigenvalue weighted by molar-refractivity contribution is 0.126. The van der Waals surface area contributed by atoms with E-state index in [1.54, 1.807) is 12.1 Å². The molecule has 32 heavy (non-hydrogen) atoms. The largest absolute Gasteiger partial charge is 0.506 e. The van der Waals surface area contributed by atoms with Gasteiger partial charge in [-0.1, -0.05) is 12.1 Å². The van der Waals surface area contributed by atoms with Crippen LogP contribution in [0.15, 0.2) is 30.3 Å². The molecule has 1 fully saturated rings. The van der Waals surface area contributed by atoms with Crippen LogP contribution in [0, 0.1) is 13.8 Å². The van der Waals surface area contributed by atoms with Crippen LogP contribution in [0.5, 0.6) is 5.75 Å². The third kappa shape index (κ3) is 4.94. The molecule has 0 spiro atoms. The first-order chi connectivity index (χ1) is 15.4. The molecule has 1 aliphatic heterocycles. The Kier molecular flexibility index (Phi) is 6.45. The van der Waals surface area contributed by atoms with Gasteiger partial charge < -0.3 is 25.5 Å². The molecule has 3 heterocycles. The summed E-state index contributed by atoms with van der Waals surface area (Å²) in [4.78, 5) is 22.4. The average molecular weight is 439 g/mol. The van der Waals surface area contributed by atoms with E-state index >= 15 is 0 Å². The zero-order valence-electron chi connectivity index (χ0n) is 18.5. The number of aromatic nitrogens is 3. The molecule has 9 heteroatoms. The number of pyridine rings is 1. The van der Waals surface area contributed by atoms with Gasteiger partial charge in [0, 0.05) is 31.4 Å². The number of imidazole rings is 1. The second-order valence-corrected chi connectivity index (χ2v) is 8.31. The van der Waals surface area contributed by atoms with E-state index in [0.29, 0.717) is 25.4 Å². The molecule has 1 aromatic carbocycles. The molecule has 4 rings (SSSR count). The van der Waals surface area contributed by atoms with Crippen molar-refractivity contribution in [2.45, 2.75) is 39.3 Å². The summed E-state index contributed by atoms with van der Waals surface area (Å²) in [6, 6.07) is 9.89. The summed E-state index contributed by atoms with van der Waals surface area (Å²) < 4.78 is 6.94. The van der Waals surface area contributed by atoms with Gasteiger partial charge in [-0.25, -0.2) is 9.78 Å². The lowest BCUT2D eigenvalue weighted by Crippen LogP contribution is -2.41. The summed E-state index contributed by atoms with van der Waals surface area (Å²) in [5, 5.41) is 14.0. The van der Waals surface area contributed by atoms with Gasteiger partial charge in [0.1, 0.15) is 18.1 Å². The molecule has 2 aromatic heterocycles. The standard InChI is InChI=1S/C23H30N6O3/c1-15-4-3-5-19-21(15)27-23(29(19)14-18-20(30)7-6-16(2)25-18)26-17-8-10-28(11-9-17)12-13-32-22(24)31/h3-7,17,30H,8-14H2,1-2H3,(H2,24,31)(H,26,27). The average Bonchev–Trinajstić information content (AvgIpc) is 3.10. The number of carbonyl (C=O) groups is 1. The number of carbonyl (C=O) groups excluding carboxylic acids is 1. The van der Waals surface area contributed by atoms with E-state index in [2.05, 4.69) is 38.8 Å². The fourth-order valence-electron chi connectivity index (χ4n) is 4.19. The number of amides is 1. The van der Waals surface area contributed by atoms with Crippen molar-refractivity contribution in [1.29, 1.82) is 0 Å². The fraction of sp³-hybridized carbons (Fsp3) is 0.435. The molecule has 0 unspecified atom stereocenters. The number of hydrogen-bond acceptors (Lipinski definition) is 7. The van der Waals surface area contributed by atoms with Gasteiger partial charge in [-0.2, -0.15) is 0 Å². The van der Waals surface area contributed by atoms with E-state index in [1.165, 1.54) is 0 Å². The summed E-state index contributed by atoms with van der Waals surface area (Å²) >= 11 is 0. The van der Waals surface area contributed by atoms with E-state index in [0.717, 1.165) is 54.2 Å². The van der Waals surface area contributed by atoms with Gasteiger partial charge in [-0.3, -0.25) is 9.88 Å². The monoisotopic (exact) mass is 438 g/mol. The maximum Gasteiger partial charge on any atom is 0.404 e. The van der Waals surface area contributed by atoms with Crippen molar-refractivity contribution in [3.8, 4) is 5.75 Å². The first kappa shape index (κ1) is 21.9. The lowest BCUT2D eigenvalue weighted by Gasteiger charge is -2.32. The van der Waals surface area contributed by atoms with Gasteiger partial charge in [0.15, 0.2) is 0 Å². The maximum atomic E-state index is 10.7. The van der Waals surface area contributed by atoms with Crippen LogP contribution < -0.4 is 11.1 Å². The molecule has 0 radical (unpaired) electrons. The second-order valence-electron chi connectivity index (χ2n) is 8.31. The lowest BCUT2D eigenvalue weighted by atomic mass is 10.1. The van der Waals surface area contributed by atoms with Crippen LogP contribution in [0.25, 0.3) is 11.0 Å². The van der Waals surface area contributed by atoms with Gasteiger partial charge in [-0.15, -0.1) is 0 Å². The topological polar surface area (TPSA) is 119 Å². The number of hydrogen-bond donors (Lipinski definition) is 3. The molecule has 3 aromatic rings. The summed E-state index contributed by atoms with van der Waals surface area (Å²) in [6.45, 7) is 7.21. The first-order valence-corrected chi connectivity index (χ1v) is 10.9. The summed E-state index contributed by atoms with van der Waals surface area (Å²) in [7, 11) is 0. The Morgan fingerprint density at radius 3 is 2.75 bits per heavy atom. The molecule has 4 N–H and O–H groups in total. The minimum absolute atomic E-state index is 0.183. The van der Waals surface area contributed by atoms with E-state index in [1.807, 2.05) is 13.0 Å². The highest BCUT2D eigenvalue weighted by molar-refractivity contribution is 5.82. The Hall–Kier alpha value is -3.33. The van der Waals surface area contributed by atoms with Crippen LogP contribution in [0.3, 0.4) is 0 Å². The molecule has 0 atom stereocenters. The number of nitrogens with one attached hydrogen (secondary N) is 1. The molecule has 0 saturated carbocycles. The van der Waals surface area contributed by atoms with Crippen LogP contribution in [0.2, 0.25) is 0 Å². The molecule has 0 bridgehead atoms. The third-order valence-corrected chi connectivity index (χ3v) is 5.95. The first-order valence-electron chi connectivity index (χ1n) is 10.9. The van der Waals surface area contributed by atoms with Crippen molar-refractivity contribution in [3.05, 3.63) is 47.3 Å². The second kappa shape index (κ2) is 9.44. The Labute approximate surface area is 187 Å². The van der Waals surface area contributed by atoms with Gasteiger partial charge in [0.2, 0.25) is 5.95 Å². The van der Waals surface area contributed by atoms with Crippen LogP contribution in [-0.2, 0) is 11.3 Å². The molecule has 9 nitrogen and oxygen atoms in total. The van der Waals surface area contributed by atoms with Crippen LogP contribution >= 0.6 is 0 Å². The highest BCUT2D eigenvalue weighted by Crippen LogP contribution is 2.27. The van der Waals surface area contributed by atoms with Crippen LogP contribution in [0.4, 0.5) is 10.7 Å². The number of rotatable bonds is 7. The Morgan fingerprint density at radius 2 is 2.00 bits per heavy atom. The van der Waals surface area contributed by atoms with Gasteiger partial charge in [0.25, 0.3) is 0 Å². The highest BCUT2D eigenvalue weighted by Gasteiger charge is 2.22. The van der Waals surface area contributed by atoms with Gasteiger partial charge in [-0.05, 0) is 50.5 Å². The van der Waals surface area contributed by atoms with Gasteiger partial charge >= 0.3 is 6.09 Å². The minimum Gasteiger partial charge on any atom is -0.506 e. The number of ether oxygens (including phenoxy) is 1. The highest BCUT2D eigenvalue weighted by atomic mass is 16.5. The van der Waals surface area contributed by atoms with Crippen molar-refractivity contribution >= 4 is 23.1 Å². The number of anilines is 1. The SMILES string of the molecule is Cc1ccc(O)c(Cn2c(NC3CCN(CCOC(N)=O)CC3)nc3c(C)cccc32)n1. The molecule has 0 aliphatic carbocycles. The summed E-state index contributed by atoms with van der Waals surface area (Å²) in [5.41, 5.74) is 9.58. The number of aromatic hydroxyl groups is 1. The summed E-state index contributed by atoms with van der Waals surface area (Å²) in [6.07, 6.45) is 1.17. The van der Waals surface area contributed by atoms with E-state index in [-0.39, 0.29) is 11.8 Å². The maximum absolute atomic E-state index is 10.7. The predicted octanol–water partition coefficient (Wildman–Crippen LogP) is 2.77. The smallest absolute Gasteiger partial charge is 0.404 e. The Balaban J connectivity index is 1.51. The number of fused-ring (bicyclic) bond motifs is 1. The normalized spacial score (nSPS) is 15.2. The van der Waals surface area contributed by atoms with Crippen LogP contribution in [-0.4, -0.2) is 62.9 Å². The zero-order chi connectivity index (χ0) is 22.7. The van der Waals surface area contributed by atoms with Crippen molar-refractivity contribution in [2.24, 2.45) is 5.73 Å². The molecule has 1 saturated heterocycles. The van der Waals surface area contributed by atoms with E-state index in [4.69, 9.17) is 15.5 Å². The van der Waals surface area contributed by atoms with E-state index in [9.17, 15) is 9.90 Å². The van der Waals surface area contributed by atoms with Crippen molar-refractivity contribution in [1.82, 2.24) is 19.4 Å². The number of benzene rings is 1. The number of primary amides is 1. The van der Waals surface area contributed by atoms with E-state index < -0.39 is 6.09 Å². The van der Waals surface area contributed by atoms with Crippen molar-refractivity contribution < 1.29 is 14.6 Å². The quantitative estimate of drug-likeness (QED) is 0.519. The number of piperidine rings is 1. The van der Waals surface area contributed by atoms with Gasteiger partial charge in [0.05, 0.1) is 17.6 Å². The Morgan fingerprint density at radius 1 is 1.22 bits per heavy atom. The molecular weight excluding hydrogens is 408 g/mol. The molecule has 170 valence electrons. The predicted molar refractivity (Wildman–Crippen MR) is 123 cm³/mol. The summed E-state index contributed by atoms with van der Waals surface area (Å²) in [5.74, 6) is 0.968. The minimum atomic E-state index is -0.732. The van der Waals surface area contributed by atoms with Crippen molar-refractivity contribution in [2.75, 3.05) is 31.6 Å². The third-order valence-electron chi connectivity index (χ3n) is 5.95. The fourth-order valence-corrected chi connectivity index (χ4v) is 4.19. The number of para-hydroxylation sites is 1. The number of nitrogens with two attached hydrogens (primary N) is 1. The number of nitrogens with zero attached hydrogens (tertiary/aromatic N) is 4. The molecular formula is C23H30N6O3. The number of aryl methyl sites for hydroxylation is 2.